The lowest BCUT2D eigenvalue weighted by Crippen LogP contribution is -2.59. The topological polar surface area (TPSA) is 44.4 Å². The number of rotatable bonds is 5. The van der Waals surface area contributed by atoms with E-state index < -0.39 is 5.54 Å². The van der Waals surface area contributed by atoms with Crippen molar-refractivity contribution in [2.75, 3.05) is 26.2 Å². The van der Waals surface area contributed by atoms with Gasteiger partial charge >= 0.3 is 0 Å². The Kier molecular flexibility index (Phi) is 5.18. The molecule has 0 aromatic carbocycles. The molecule has 0 unspecified atom stereocenters. The summed E-state index contributed by atoms with van der Waals surface area (Å²) in [5.41, 5.74) is -0.438. The average Bonchev–Trinajstić information content (AvgIpc) is 2.93. The van der Waals surface area contributed by atoms with Gasteiger partial charge in [-0.25, -0.2) is 0 Å². The summed E-state index contributed by atoms with van der Waals surface area (Å²) >= 11 is 1.78. The van der Waals surface area contributed by atoms with Crippen molar-refractivity contribution in [2.24, 2.45) is 0 Å². The minimum Gasteiger partial charge on any atom is -0.350 e. The van der Waals surface area contributed by atoms with Crippen molar-refractivity contribution < 1.29 is 4.79 Å². The van der Waals surface area contributed by atoms with Gasteiger partial charge in [0.2, 0.25) is 5.91 Å². The molecule has 0 aliphatic carbocycles. The normalized spacial score (nSPS) is 17.1. The predicted octanol–water partition coefficient (Wildman–Crippen LogP) is 1.61. The molecule has 2 N–H and O–H groups in total. The van der Waals surface area contributed by atoms with Crippen LogP contribution in [-0.2, 0) is 17.8 Å². The monoisotopic (exact) mass is 295 g/mol. The number of carbonyl (C=O) groups is 1. The van der Waals surface area contributed by atoms with E-state index in [4.69, 9.17) is 0 Å². The van der Waals surface area contributed by atoms with E-state index in [1.807, 2.05) is 13.8 Å². The van der Waals surface area contributed by atoms with Gasteiger partial charge in [0.1, 0.15) is 0 Å². The van der Waals surface area contributed by atoms with Gasteiger partial charge in [-0.2, -0.15) is 0 Å². The van der Waals surface area contributed by atoms with Crippen LogP contribution in [0.1, 0.15) is 30.5 Å². The molecule has 0 atom stereocenters. The molecule has 0 spiro atoms. The lowest BCUT2D eigenvalue weighted by molar-refractivity contribution is -0.132. The van der Waals surface area contributed by atoms with E-state index in [-0.39, 0.29) is 5.91 Å². The Morgan fingerprint density at radius 2 is 2.00 bits per heavy atom. The van der Waals surface area contributed by atoms with Crippen LogP contribution in [0, 0.1) is 0 Å². The zero-order valence-corrected chi connectivity index (χ0v) is 13.5. The number of thiophene rings is 1. The van der Waals surface area contributed by atoms with E-state index in [0.29, 0.717) is 6.54 Å². The second-order valence-electron chi connectivity index (χ2n) is 5.70. The van der Waals surface area contributed by atoms with Gasteiger partial charge in [-0.15, -0.1) is 11.3 Å². The predicted molar refractivity (Wildman–Crippen MR) is 84.1 cm³/mol. The van der Waals surface area contributed by atoms with Gasteiger partial charge in [0.05, 0.1) is 12.1 Å². The Labute approximate surface area is 125 Å². The van der Waals surface area contributed by atoms with Gasteiger partial charge in [0, 0.05) is 35.9 Å². The third kappa shape index (κ3) is 3.59. The Morgan fingerprint density at radius 1 is 1.35 bits per heavy atom. The molecule has 4 nitrogen and oxygen atoms in total. The maximum absolute atomic E-state index is 12.4. The van der Waals surface area contributed by atoms with Gasteiger partial charge < -0.3 is 10.6 Å². The molecule has 2 heterocycles. The van der Waals surface area contributed by atoms with Gasteiger partial charge in [0.25, 0.3) is 0 Å². The fourth-order valence-corrected chi connectivity index (χ4v) is 3.36. The summed E-state index contributed by atoms with van der Waals surface area (Å²) in [5, 5.41) is 6.40. The van der Waals surface area contributed by atoms with Crippen LogP contribution in [0.25, 0.3) is 0 Å². The van der Waals surface area contributed by atoms with Crippen molar-refractivity contribution in [3.8, 4) is 0 Å². The van der Waals surface area contributed by atoms with Crippen LogP contribution in [0.4, 0.5) is 0 Å². The number of piperazine rings is 1. The summed E-state index contributed by atoms with van der Waals surface area (Å²) in [6.07, 6.45) is 1.06. The van der Waals surface area contributed by atoms with Gasteiger partial charge in [-0.1, -0.05) is 6.92 Å². The van der Waals surface area contributed by atoms with E-state index in [9.17, 15) is 4.79 Å². The molecule has 0 saturated carbocycles. The standard InChI is InChI=1S/C15H25N3OS/c1-4-12-5-6-13(20-12)11-17-14(19)15(2,3)18-9-7-16-8-10-18/h5-6,16H,4,7-11H2,1-3H3,(H,17,19). The quantitative estimate of drug-likeness (QED) is 0.867. The number of amides is 1. The molecule has 1 fully saturated rings. The van der Waals surface area contributed by atoms with Crippen molar-refractivity contribution >= 4 is 17.2 Å². The van der Waals surface area contributed by atoms with Crippen LogP contribution in [0.2, 0.25) is 0 Å². The lowest BCUT2D eigenvalue weighted by atomic mass is 10.0. The third-order valence-corrected chi connectivity index (χ3v) is 5.18. The van der Waals surface area contributed by atoms with Crippen molar-refractivity contribution in [3.63, 3.8) is 0 Å². The fourth-order valence-electron chi connectivity index (χ4n) is 2.46. The largest absolute Gasteiger partial charge is 0.350 e. The summed E-state index contributed by atoms with van der Waals surface area (Å²) in [7, 11) is 0. The number of aryl methyl sites for hydroxylation is 1. The Hall–Kier alpha value is -0.910. The second-order valence-corrected chi connectivity index (χ2v) is 6.95. The van der Waals surface area contributed by atoms with E-state index in [1.165, 1.54) is 9.75 Å². The van der Waals surface area contributed by atoms with Crippen molar-refractivity contribution in [1.29, 1.82) is 0 Å². The summed E-state index contributed by atoms with van der Waals surface area (Å²) in [6.45, 7) is 10.6. The Balaban J connectivity index is 1.89. The molecule has 1 aromatic rings. The highest BCUT2D eigenvalue weighted by atomic mass is 32.1. The molecule has 2 rings (SSSR count). The van der Waals surface area contributed by atoms with Gasteiger partial charge in [0.15, 0.2) is 0 Å². The van der Waals surface area contributed by atoms with Crippen molar-refractivity contribution in [1.82, 2.24) is 15.5 Å². The van der Waals surface area contributed by atoms with Crippen LogP contribution in [-0.4, -0.2) is 42.5 Å². The first-order chi connectivity index (χ1) is 9.54. The van der Waals surface area contributed by atoms with E-state index >= 15 is 0 Å². The number of nitrogens with zero attached hydrogens (tertiary/aromatic N) is 1. The Bertz CT molecular complexity index is 450. The molecule has 1 aromatic heterocycles. The highest BCUT2D eigenvalue weighted by Gasteiger charge is 2.34. The Morgan fingerprint density at radius 3 is 2.60 bits per heavy atom. The number of nitrogens with one attached hydrogen (secondary N) is 2. The smallest absolute Gasteiger partial charge is 0.240 e. The highest BCUT2D eigenvalue weighted by molar-refractivity contribution is 7.11. The first kappa shape index (κ1) is 15.5. The van der Waals surface area contributed by atoms with Crippen LogP contribution in [0.5, 0.6) is 0 Å². The summed E-state index contributed by atoms with van der Waals surface area (Å²) in [6, 6.07) is 4.26. The maximum atomic E-state index is 12.4. The molecule has 0 bridgehead atoms. The molecule has 1 saturated heterocycles. The van der Waals surface area contributed by atoms with E-state index in [1.54, 1.807) is 11.3 Å². The lowest BCUT2D eigenvalue weighted by Gasteiger charge is -2.39. The molecule has 20 heavy (non-hydrogen) atoms. The molecule has 1 amide bonds. The van der Waals surface area contributed by atoms with Gasteiger partial charge in [-0.05, 0) is 32.4 Å². The molecular weight excluding hydrogens is 270 g/mol. The van der Waals surface area contributed by atoms with Crippen LogP contribution < -0.4 is 10.6 Å². The maximum Gasteiger partial charge on any atom is 0.240 e. The second kappa shape index (κ2) is 6.70. The van der Waals surface area contributed by atoms with Crippen molar-refractivity contribution in [3.05, 3.63) is 21.9 Å². The number of carbonyl (C=O) groups excluding carboxylic acids is 1. The fraction of sp³-hybridized carbons (Fsp3) is 0.667. The summed E-state index contributed by atoms with van der Waals surface area (Å²) < 4.78 is 0. The molecule has 0 radical (unpaired) electrons. The summed E-state index contributed by atoms with van der Waals surface area (Å²) in [4.78, 5) is 17.3. The van der Waals surface area contributed by atoms with Gasteiger partial charge in [-0.3, -0.25) is 9.69 Å². The first-order valence-corrected chi connectivity index (χ1v) is 8.17. The molecular formula is C15H25N3OS. The van der Waals surface area contributed by atoms with E-state index in [0.717, 1.165) is 32.6 Å². The molecule has 5 heteroatoms. The zero-order valence-electron chi connectivity index (χ0n) is 12.7. The molecule has 1 aliphatic heterocycles. The minimum atomic E-state index is -0.438. The molecule has 112 valence electrons. The van der Waals surface area contributed by atoms with E-state index in [2.05, 4.69) is 34.6 Å². The minimum absolute atomic E-state index is 0.117. The van der Waals surface area contributed by atoms with Crippen molar-refractivity contribution in [2.45, 2.75) is 39.3 Å². The molecule has 1 aliphatic rings. The van der Waals surface area contributed by atoms with Crippen LogP contribution in [0.3, 0.4) is 0 Å². The summed E-state index contributed by atoms with van der Waals surface area (Å²) in [5.74, 6) is 0.117. The number of hydrogen-bond acceptors (Lipinski definition) is 4. The highest BCUT2D eigenvalue weighted by Crippen LogP contribution is 2.18. The first-order valence-electron chi connectivity index (χ1n) is 7.35. The zero-order chi connectivity index (χ0) is 14.6. The average molecular weight is 295 g/mol. The van der Waals surface area contributed by atoms with Crippen LogP contribution >= 0.6 is 11.3 Å². The SMILES string of the molecule is CCc1ccc(CNC(=O)C(C)(C)N2CCNCC2)s1. The number of hydrogen-bond donors (Lipinski definition) is 2. The van der Waals surface area contributed by atoms with Crippen LogP contribution in [0.15, 0.2) is 12.1 Å². The third-order valence-electron chi connectivity index (χ3n) is 3.95.